The average Bonchev–Trinajstić information content (AvgIpc) is 2.91. The van der Waals surface area contributed by atoms with Gasteiger partial charge in [-0.15, -0.1) is 0 Å². The predicted molar refractivity (Wildman–Crippen MR) is 164 cm³/mol. The van der Waals surface area contributed by atoms with Gasteiger partial charge in [-0.05, 0) is 51.4 Å². The molecule has 0 saturated heterocycles. The molecule has 0 aliphatic carbocycles. The molecule has 0 saturated carbocycles. The first kappa shape index (κ1) is 53.5. The summed E-state index contributed by atoms with van der Waals surface area (Å²) in [6.45, 7) is 16.0. The summed E-state index contributed by atoms with van der Waals surface area (Å²) >= 11 is 0. The van der Waals surface area contributed by atoms with E-state index in [4.69, 9.17) is 20.4 Å². The van der Waals surface area contributed by atoms with Gasteiger partial charge in [-0.25, -0.2) is 0 Å². The first-order valence-electron chi connectivity index (χ1n) is 15.8. The van der Waals surface area contributed by atoms with Crippen molar-refractivity contribution in [3.05, 3.63) is 0 Å². The van der Waals surface area contributed by atoms with E-state index in [1.165, 1.54) is 0 Å². The number of unbranched alkanes of at least 4 members (excludes halogenated alkanes) is 4. The SMILES string of the molecule is CCCCC(CC)C(=O)O.CCCCC(CC)C(=O)O.CCCCC(CC)C(=O)O.CCCCC(CC)C(=O)O.[Co].[Co]. The van der Waals surface area contributed by atoms with Gasteiger partial charge in [-0.3, -0.25) is 19.2 Å². The zero-order valence-electron chi connectivity index (χ0n) is 27.7. The molecule has 0 spiro atoms. The quantitative estimate of drug-likeness (QED) is 0.0986. The Bertz CT molecular complexity index is 513. The number of rotatable bonds is 20. The molecule has 4 N–H and O–H groups in total. The first-order chi connectivity index (χ1) is 18.9. The van der Waals surface area contributed by atoms with Crippen LogP contribution in [0, 0.1) is 23.7 Å². The molecule has 0 heterocycles. The summed E-state index contributed by atoms with van der Waals surface area (Å²) in [6, 6.07) is 0. The molecule has 42 heavy (non-hydrogen) atoms. The summed E-state index contributed by atoms with van der Waals surface area (Å²) in [7, 11) is 0. The Morgan fingerprint density at radius 3 is 0.595 bits per heavy atom. The van der Waals surface area contributed by atoms with Crippen LogP contribution in [-0.4, -0.2) is 44.3 Å². The molecule has 10 heteroatoms. The Morgan fingerprint density at radius 2 is 0.524 bits per heavy atom. The molecule has 0 amide bonds. The molecule has 0 aromatic carbocycles. The van der Waals surface area contributed by atoms with Crippen LogP contribution in [-0.2, 0) is 52.7 Å². The van der Waals surface area contributed by atoms with Crippen molar-refractivity contribution in [1.29, 1.82) is 0 Å². The van der Waals surface area contributed by atoms with Crippen molar-refractivity contribution in [3.8, 4) is 0 Å². The van der Waals surface area contributed by atoms with Gasteiger partial charge in [-0.1, -0.05) is 107 Å². The fourth-order valence-electron chi connectivity index (χ4n) is 3.81. The molecule has 258 valence electrons. The normalized spacial score (nSPS) is 12.4. The van der Waals surface area contributed by atoms with Gasteiger partial charge in [0.05, 0.1) is 23.7 Å². The van der Waals surface area contributed by atoms with Crippen LogP contribution >= 0.6 is 0 Å². The minimum absolute atomic E-state index is 0. The van der Waals surface area contributed by atoms with E-state index in [2.05, 4.69) is 27.7 Å². The van der Waals surface area contributed by atoms with Gasteiger partial charge in [-0.2, -0.15) is 0 Å². The number of aliphatic carboxylic acids is 4. The molecule has 0 rings (SSSR count). The van der Waals surface area contributed by atoms with Crippen LogP contribution in [0.5, 0.6) is 0 Å². The monoisotopic (exact) mass is 694 g/mol. The summed E-state index contributed by atoms with van der Waals surface area (Å²) in [5.74, 6) is -3.02. The maximum Gasteiger partial charge on any atom is 0.306 e. The number of carboxylic acids is 4. The van der Waals surface area contributed by atoms with E-state index in [-0.39, 0.29) is 57.2 Å². The molecular weight excluding hydrogens is 630 g/mol. The zero-order valence-corrected chi connectivity index (χ0v) is 29.8. The molecule has 8 nitrogen and oxygen atoms in total. The molecule has 0 aromatic heterocycles. The Hall–Kier alpha value is -1.11. The van der Waals surface area contributed by atoms with E-state index < -0.39 is 23.9 Å². The van der Waals surface area contributed by atoms with Gasteiger partial charge >= 0.3 is 23.9 Å². The summed E-state index contributed by atoms with van der Waals surface area (Å²) in [5.41, 5.74) is 0. The van der Waals surface area contributed by atoms with E-state index in [1.54, 1.807) is 0 Å². The molecule has 4 atom stereocenters. The second-order valence-corrected chi connectivity index (χ2v) is 10.3. The topological polar surface area (TPSA) is 149 Å². The largest absolute Gasteiger partial charge is 0.481 e. The Labute approximate surface area is 278 Å². The maximum atomic E-state index is 10.4. The van der Waals surface area contributed by atoms with Gasteiger partial charge in [0.15, 0.2) is 0 Å². The number of hydrogen-bond acceptors (Lipinski definition) is 4. The van der Waals surface area contributed by atoms with E-state index in [0.29, 0.717) is 0 Å². The summed E-state index contributed by atoms with van der Waals surface area (Å²) in [4.78, 5) is 41.7. The zero-order chi connectivity index (χ0) is 31.9. The number of hydrogen-bond donors (Lipinski definition) is 4. The van der Waals surface area contributed by atoms with Crippen molar-refractivity contribution in [2.75, 3.05) is 0 Å². The summed E-state index contributed by atoms with van der Waals surface area (Å²) in [6.07, 6.45) is 14.9. The second-order valence-electron chi connectivity index (χ2n) is 10.3. The Kier molecular flexibility index (Phi) is 50.8. The van der Waals surface area contributed by atoms with E-state index in [0.717, 1.165) is 103 Å². The van der Waals surface area contributed by atoms with Gasteiger partial charge in [0.25, 0.3) is 0 Å². The standard InChI is InChI=1S/4C8H16O2.2Co/c4*1-3-5-6-7(4-2)8(9)10;;/h4*7H,3-6H2,1-2H3,(H,9,10);;. The van der Waals surface area contributed by atoms with Crippen molar-refractivity contribution in [2.24, 2.45) is 23.7 Å². The molecule has 0 bridgehead atoms. The van der Waals surface area contributed by atoms with Crippen molar-refractivity contribution in [2.45, 2.75) is 158 Å². The molecule has 0 aliphatic heterocycles. The third-order valence-electron chi connectivity index (χ3n) is 6.99. The van der Waals surface area contributed by atoms with E-state index in [9.17, 15) is 19.2 Å². The number of carboxylic acid groups (broad SMARTS) is 4. The summed E-state index contributed by atoms with van der Waals surface area (Å²) < 4.78 is 0. The fourth-order valence-corrected chi connectivity index (χ4v) is 3.81. The van der Waals surface area contributed by atoms with Crippen molar-refractivity contribution in [1.82, 2.24) is 0 Å². The molecular formula is C32H64Co2O8. The van der Waals surface area contributed by atoms with E-state index in [1.807, 2.05) is 27.7 Å². The third kappa shape index (κ3) is 36.9. The van der Waals surface area contributed by atoms with Crippen LogP contribution < -0.4 is 0 Å². The molecule has 2 radical (unpaired) electrons. The predicted octanol–water partition coefficient (Wildman–Crippen LogP) is 9.14. The van der Waals surface area contributed by atoms with Crippen molar-refractivity contribution in [3.63, 3.8) is 0 Å². The van der Waals surface area contributed by atoms with Crippen LogP contribution in [0.3, 0.4) is 0 Å². The molecule has 0 fully saturated rings. The third-order valence-corrected chi connectivity index (χ3v) is 6.99. The minimum Gasteiger partial charge on any atom is -0.481 e. The van der Waals surface area contributed by atoms with Crippen LogP contribution in [0.25, 0.3) is 0 Å². The van der Waals surface area contributed by atoms with Crippen molar-refractivity contribution >= 4 is 23.9 Å². The van der Waals surface area contributed by atoms with Crippen molar-refractivity contribution < 1.29 is 73.2 Å². The maximum absolute atomic E-state index is 10.4. The van der Waals surface area contributed by atoms with Crippen LogP contribution in [0.1, 0.15) is 158 Å². The molecule has 4 unspecified atom stereocenters. The Morgan fingerprint density at radius 1 is 0.381 bits per heavy atom. The fraction of sp³-hybridized carbons (Fsp3) is 0.875. The van der Waals surface area contributed by atoms with Gasteiger partial charge in [0.1, 0.15) is 0 Å². The summed E-state index contributed by atoms with van der Waals surface area (Å²) in [5, 5.41) is 34.4. The van der Waals surface area contributed by atoms with Gasteiger partial charge < -0.3 is 20.4 Å². The average molecular weight is 695 g/mol. The van der Waals surface area contributed by atoms with Gasteiger partial charge in [0.2, 0.25) is 0 Å². The van der Waals surface area contributed by atoms with Crippen LogP contribution in [0.2, 0.25) is 0 Å². The van der Waals surface area contributed by atoms with Crippen LogP contribution in [0.4, 0.5) is 0 Å². The van der Waals surface area contributed by atoms with E-state index >= 15 is 0 Å². The molecule has 0 aromatic rings. The molecule has 0 aliphatic rings. The second kappa shape index (κ2) is 39.9. The van der Waals surface area contributed by atoms with Gasteiger partial charge in [0, 0.05) is 33.6 Å². The first-order valence-corrected chi connectivity index (χ1v) is 15.8. The van der Waals surface area contributed by atoms with Crippen LogP contribution in [0.15, 0.2) is 0 Å². The Balaban J connectivity index is -0.000000101. The minimum atomic E-state index is -0.643. The number of carbonyl (C=O) groups is 4. The smallest absolute Gasteiger partial charge is 0.306 e.